The Hall–Kier alpha value is -1.05. The largest absolute Gasteiger partial charge is 0.359 e. The van der Waals surface area contributed by atoms with E-state index in [-0.39, 0.29) is 5.91 Å². The molecule has 1 aliphatic rings. The summed E-state index contributed by atoms with van der Waals surface area (Å²) in [5.74, 6) is 0.120. The van der Waals surface area contributed by atoms with Crippen LogP contribution in [0.15, 0.2) is 23.8 Å². The van der Waals surface area contributed by atoms with E-state index < -0.39 is 0 Å². The molecule has 12 heavy (non-hydrogen) atoms. The highest BCUT2D eigenvalue weighted by Crippen LogP contribution is 2.14. The second-order valence-electron chi connectivity index (χ2n) is 2.93. The van der Waals surface area contributed by atoms with Gasteiger partial charge in [0.1, 0.15) is 0 Å². The standard InChI is InChI=1S/C10H15NO/c1-11-10(12)8-7-9-5-3-2-4-6-9/h3,5-6H,2,4,7-8H2,1H3,(H,11,12). The molecule has 0 saturated carbocycles. The maximum atomic E-state index is 10.9. The Kier molecular flexibility index (Phi) is 3.58. The molecule has 2 nitrogen and oxygen atoms in total. The van der Waals surface area contributed by atoms with Crippen molar-refractivity contribution in [2.45, 2.75) is 25.7 Å². The Morgan fingerprint density at radius 3 is 3.00 bits per heavy atom. The lowest BCUT2D eigenvalue weighted by molar-refractivity contribution is -0.120. The van der Waals surface area contributed by atoms with Gasteiger partial charge in [-0.1, -0.05) is 23.8 Å². The van der Waals surface area contributed by atoms with Gasteiger partial charge in [0, 0.05) is 13.5 Å². The first kappa shape index (κ1) is 9.04. The van der Waals surface area contributed by atoms with Gasteiger partial charge < -0.3 is 5.32 Å². The van der Waals surface area contributed by atoms with Gasteiger partial charge in [-0.15, -0.1) is 0 Å². The SMILES string of the molecule is CNC(=O)CCC1=CCCC=C1. The molecule has 1 aliphatic carbocycles. The molecule has 0 heterocycles. The van der Waals surface area contributed by atoms with Gasteiger partial charge in [0.25, 0.3) is 0 Å². The molecular weight excluding hydrogens is 150 g/mol. The molecule has 0 aliphatic heterocycles. The van der Waals surface area contributed by atoms with Gasteiger partial charge in [-0.2, -0.15) is 0 Å². The monoisotopic (exact) mass is 165 g/mol. The summed E-state index contributed by atoms with van der Waals surface area (Å²) in [4.78, 5) is 10.9. The molecule has 66 valence electrons. The Labute approximate surface area is 73.4 Å². The normalized spacial score (nSPS) is 15.6. The minimum absolute atomic E-state index is 0.120. The smallest absolute Gasteiger partial charge is 0.220 e. The summed E-state index contributed by atoms with van der Waals surface area (Å²) in [7, 11) is 1.67. The van der Waals surface area contributed by atoms with Crippen LogP contribution in [0.5, 0.6) is 0 Å². The summed E-state index contributed by atoms with van der Waals surface area (Å²) in [5.41, 5.74) is 1.30. The molecule has 1 amide bonds. The lowest BCUT2D eigenvalue weighted by Gasteiger charge is -2.05. The van der Waals surface area contributed by atoms with Crippen molar-refractivity contribution in [2.24, 2.45) is 0 Å². The van der Waals surface area contributed by atoms with Gasteiger partial charge in [-0.3, -0.25) is 4.79 Å². The molecule has 0 saturated heterocycles. The van der Waals surface area contributed by atoms with E-state index in [1.54, 1.807) is 7.05 Å². The van der Waals surface area contributed by atoms with Crippen molar-refractivity contribution < 1.29 is 4.79 Å². The minimum Gasteiger partial charge on any atom is -0.359 e. The first-order valence-electron chi connectivity index (χ1n) is 4.39. The van der Waals surface area contributed by atoms with E-state index in [9.17, 15) is 4.79 Å². The lowest BCUT2D eigenvalue weighted by Crippen LogP contribution is -2.17. The molecule has 0 bridgehead atoms. The minimum atomic E-state index is 0.120. The molecular formula is C10H15NO. The average Bonchev–Trinajstić information content (AvgIpc) is 2.16. The predicted octanol–water partition coefficient (Wildman–Crippen LogP) is 1.79. The molecule has 0 unspecified atom stereocenters. The number of hydrogen-bond acceptors (Lipinski definition) is 1. The van der Waals surface area contributed by atoms with Crippen LogP contribution in [0.4, 0.5) is 0 Å². The van der Waals surface area contributed by atoms with Crippen molar-refractivity contribution in [3.63, 3.8) is 0 Å². The molecule has 0 aromatic heterocycles. The maximum Gasteiger partial charge on any atom is 0.220 e. The van der Waals surface area contributed by atoms with Crippen molar-refractivity contribution in [3.05, 3.63) is 23.8 Å². The molecule has 1 N–H and O–H groups in total. The van der Waals surface area contributed by atoms with Crippen LogP contribution < -0.4 is 5.32 Å². The summed E-state index contributed by atoms with van der Waals surface area (Å²) in [5, 5.41) is 2.61. The Morgan fingerprint density at radius 1 is 1.58 bits per heavy atom. The van der Waals surface area contributed by atoms with Crippen molar-refractivity contribution in [3.8, 4) is 0 Å². The number of rotatable bonds is 3. The zero-order valence-corrected chi connectivity index (χ0v) is 7.47. The molecule has 0 spiro atoms. The van der Waals surface area contributed by atoms with Crippen LogP contribution >= 0.6 is 0 Å². The predicted molar refractivity (Wildman–Crippen MR) is 49.8 cm³/mol. The van der Waals surface area contributed by atoms with Gasteiger partial charge in [0.15, 0.2) is 0 Å². The van der Waals surface area contributed by atoms with E-state index in [4.69, 9.17) is 0 Å². The molecule has 2 heteroatoms. The number of nitrogens with one attached hydrogen (secondary N) is 1. The third-order valence-electron chi connectivity index (χ3n) is 1.99. The van der Waals surface area contributed by atoms with Crippen LogP contribution in [0.1, 0.15) is 25.7 Å². The zero-order valence-electron chi connectivity index (χ0n) is 7.47. The van der Waals surface area contributed by atoms with Crippen LogP contribution in [-0.2, 0) is 4.79 Å². The van der Waals surface area contributed by atoms with Gasteiger partial charge in [0.2, 0.25) is 5.91 Å². The van der Waals surface area contributed by atoms with Gasteiger partial charge in [0.05, 0.1) is 0 Å². The number of carbonyl (C=O) groups excluding carboxylic acids is 1. The fourth-order valence-electron chi connectivity index (χ4n) is 1.24. The van der Waals surface area contributed by atoms with Crippen molar-refractivity contribution in [1.29, 1.82) is 0 Å². The van der Waals surface area contributed by atoms with Gasteiger partial charge in [-0.05, 0) is 19.3 Å². The molecule has 0 aromatic rings. The molecule has 0 fully saturated rings. The molecule has 1 rings (SSSR count). The Balaban J connectivity index is 2.27. The van der Waals surface area contributed by atoms with Crippen LogP contribution in [0.3, 0.4) is 0 Å². The first-order valence-corrected chi connectivity index (χ1v) is 4.39. The third-order valence-corrected chi connectivity index (χ3v) is 1.99. The summed E-state index contributed by atoms with van der Waals surface area (Å²) in [6, 6.07) is 0. The van der Waals surface area contributed by atoms with E-state index in [0.29, 0.717) is 6.42 Å². The van der Waals surface area contributed by atoms with Crippen LogP contribution in [-0.4, -0.2) is 13.0 Å². The van der Waals surface area contributed by atoms with E-state index in [1.807, 2.05) is 0 Å². The van der Waals surface area contributed by atoms with E-state index in [1.165, 1.54) is 5.57 Å². The Bertz CT molecular complexity index is 216. The second-order valence-corrected chi connectivity index (χ2v) is 2.93. The fraction of sp³-hybridized carbons (Fsp3) is 0.500. The first-order chi connectivity index (χ1) is 5.83. The van der Waals surface area contributed by atoms with E-state index >= 15 is 0 Å². The van der Waals surface area contributed by atoms with Crippen molar-refractivity contribution in [2.75, 3.05) is 7.05 Å². The topological polar surface area (TPSA) is 29.1 Å². The Morgan fingerprint density at radius 2 is 2.42 bits per heavy atom. The highest BCUT2D eigenvalue weighted by Gasteiger charge is 2.01. The average molecular weight is 165 g/mol. The lowest BCUT2D eigenvalue weighted by atomic mass is 10.0. The van der Waals surface area contributed by atoms with Crippen molar-refractivity contribution in [1.82, 2.24) is 5.32 Å². The van der Waals surface area contributed by atoms with Crippen LogP contribution in [0.25, 0.3) is 0 Å². The van der Waals surface area contributed by atoms with Gasteiger partial charge in [-0.25, -0.2) is 0 Å². The molecule has 0 aromatic carbocycles. The van der Waals surface area contributed by atoms with E-state index in [2.05, 4.69) is 23.5 Å². The highest BCUT2D eigenvalue weighted by atomic mass is 16.1. The van der Waals surface area contributed by atoms with Crippen LogP contribution in [0.2, 0.25) is 0 Å². The van der Waals surface area contributed by atoms with Gasteiger partial charge >= 0.3 is 0 Å². The summed E-state index contributed by atoms with van der Waals surface area (Å²) >= 11 is 0. The third kappa shape index (κ3) is 2.91. The number of carbonyl (C=O) groups is 1. The summed E-state index contributed by atoms with van der Waals surface area (Å²) in [6.45, 7) is 0. The number of allylic oxidation sites excluding steroid dienone is 4. The summed E-state index contributed by atoms with van der Waals surface area (Å²) < 4.78 is 0. The van der Waals surface area contributed by atoms with Crippen molar-refractivity contribution >= 4 is 5.91 Å². The molecule has 0 radical (unpaired) electrons. The van der Waals surface area contributed by atoms with Crippen LogP contribution in [0, 0.1) is 0 Å². The van der Waals surface area contributed by atoms with E-state index in [0.717, 1.165) is 19.3 Å². The number of hydrogen-bond donors (Lipinski definition) is 1. The highest BCUT2D eigenvalue weighted by molar-refractivity contribution is 5.75. The summed E-state index contributed by atoms with van der Waals surface area (Å²) in [6.07, 6.45) is 10.2. The maximum absolute atomic E-state index is 10.9. The fourth-order valence-corrected chi connectivity index (χ4v) is 1.24. The second kappa shape index (κ2) is 4.75. The molecule has 0 atom stereocenters. The number of amides is 1. The quantitative estimate of drug-likeness (QED) is 0.678. The zero-order chi connectivity index (χ0) is 8.81.